The Kier molecular flexibility index (Phi) is 4.37. The van der Waals surface area contributed by atoms with E-state index in [0.29, 0.717) is 0 Å². The van der Waals surface area contributed by atoms with E-state index in [-0.39, 0.29) is 5.82 Å². The standard InChI is InChI=1S/C14H20FNO/c1-17-14-7-6-13(15)9-12(14)5-4-11-3-2-8-16-10-11/h6-7,9,11,16H,2-5,8,10H2,1H3. The number of halogens is 1. The number of methoxy groups -OCH3 is 1. The van der Waals surface area contributed by atoms with Crippen molar-refractivity contribution in [3.8, 4) is 5.75 Å². The summed E-state index contributed by atoms with van der Waals surface area (Å²) in [5.74, 6) is 1.34. The molecule has 0 amide bonds. The Morgan fingerprint density at radius 2 is 2.35 bits per heavy atom. The van der Waals surface area contributed by atoms with E-state index in [1.807, 2.05) is 0 Å². The summed E-state index contributed by atoms with van der Waals surface area (Å²) in [6.45, 7) is 2.23. The van der Waals surface area contributed by atoms with Crippen LogP contribution in [0.1, 0.15) is 24.8 Å². The number of hydrogen-bond donors (Lipinski definition) is 1. The molecule has 1 saturated heterocycles. The van der Waals surface area contributed by atoms with Gasteiger partial charge in [0.2, 0.25) is 0 Å². The van der Waals surface area contributed by atoms with E-state index < -0.39 is 0 Å². The lowest BCUT2D eigenvalue weighted by molar-refractivity contribution is 0.354. The largest absolute Gasteiger partial charge is 0.496 e. The minimum atomic E-state index is -0.178. The Morgan fingerprint density at radius 1 is 1.47 bits per heavy atom. The summed E-state index contributed by atoms with van der Waals surface area (Å²) >= 11 is 0. The maximum atomic E-state index is 13.2. The van der Waals surface area contributed by atoms with Gasteiger partial charge in [-0.2, -0.15) is 0 Å². The lowest BCUT2D eigenvalue weighted by Crippen LogP contribution is -2.29. The number of aryl methyl sites for hydroxylation is 1. The molecule has 2 nitrogen and oxygen atoms in total. The van der Waals surface area contributed by atoms with Crippen LogP contribution in [-0.2, 0) is 6.42 Å². The fourth-order valence-corrected chi connectivity index (χ4v) is 2.47. The Balaban J connectivity index is 1.95. The van der Waals surface area contributed by atoms with Gasteiger partial charge in [0.05, 0.1) is 7.11 Å². The molecule has 0 saturated carbocycles. The van der Waals surface area contributed by atoms with Crippen LogP contribution in [0.2, 0.25) is 0 Å². The van der Waals surface area contributed by atoms with Crippen molar-refractivity contribution in [2.45, 2.75) is 25.7 Å². The first-order chi connectivity index (χ1) is 8.29. The van der Waals surface area contributed by atoms with Crippen molar-refractivity contribution in [3.05, 3.63) is 29.6 Å². The lowest BCUT2D eigenvalue weighted by atomic mass is 9.92. The Labute approximate surface area is 102 Å². The molecule has 1 N–H and O–H groups in total. The van der Waals surface area contributed by atoms with Crippen LogP contribution < -0.4 is 10.1 Å². The molecule has 1 aliphatic rings. The topological polar surface area (TPSA) is 21.3 Å². The van der Waals surface area contributed by atoms with Crippen molar-refractivity contribution in [2.24, 2.45) is 5.92 Å². The monoisotopic (exact) mass is 237 g/mol. The first-order valence-electron chi connectivity index (χ1n) is 6.32. The molecule has 0 bridgehead atoms. The summed E-state index contributed by atoms with van der Waals surface area (Å²) < 4.78 is 18.4. The molecule has 1 unspecified atom stereocenters. The summed E-state index contributed by atoms with van der Waals surface area (Å²) in [4.78, 5) is 0. The van der Waals surface area contributed by atoms with Gasteiger partial charge in [-0.3, -0.25) is 0 Å². The van der Waals surface area contributed by atoms with E-state index in [9.17, 15) is 4.39 Å². The van der Waals surface area contributed by atoms with E-state index in [1.54, 1.807) is 19.2 Å². The minimum absolute atomic E-state index is 0.178. The van der Waals surface area contributed by atoms with Gasteiger partial charge in [-0.05, 0) is 68.5 Å². The zero-order valence-electron chi connectivity index (χ0n) is 10.3. The van der Waals surface area contributed by atoms with Crippen molar-refractivity contribution in [1.82, 2.24) is 5.32 Å². The number of piperidine rings is 1. The fourth-order valence-electron chi connectivity index (χ4n) is 2.47. The SMILES string of the molecule is COc1ccc(F)cc1CCC1CCCNC1. The second-order valence-corrected chi connectivity index (χ2v) is 4.71. The number of rotatable bonds is 4. The quantitative estimate of drug-likeness (QED) is 0.869. The molecule has 1 atom stereocenters. The first-order valence-corrected chi connectivity index (χ1v) is 6.32. The molecular weight excluding hydrogens is 217 g/mol. The maximum absolute atomic E-state index is 13.2. The van der Waals surface area contributed by atoms with Gasteiger partial charge in [0.15, 0.2) is 0 Å². The third kappa shape index (κ3) is 3.43. The molecule has 3 heteroatoms. The lowest BCUT2D eigenvalue weighted by Gasteiger charge is -2.22. The van der Waals surface area contributed by atoms with Gasteiger partial charge in [0, 0.05) is 0 Å². The first kappa shape index (κ1) is 12.4. The molecule has 1 fully saturated rings. The molecule has 1 aromatic carbocycles. The summed E-state index contributed by atoms with van der Waals surface area (Å²) in [6, 6.07) is 4.75. The maximum Gasteiger partial charge on any atom is 0.123 e. The van der Waals surface area contributed by atoms with Gasteiger partial charge in [0.25, 0.3) is 0 Å². The van der Waals surface area contributed by atoms with E-state index in [4.69, 9.17) is 4.74 Å². The highest BCUT2D eigenvalue weighted by atomic mass is 19.1. The van der Waals surface area contributed by atoms with E-state index in [0.717, 1.165) is 43.2 Å². The molecule has 1 heterocycles. The molecule has 1 aromatic rings. The summed E-state index contributed by atoms with van der Waals surface area (Å²) in [7, 11) is 1.64. The highest BCUT2D eigenvalue weighted by Crippen LogP contribution is 2.24. The van der Waals surface area contributed by atoms with Gasteiger partial charge in [-0.1, -0.05) is 0 Å². The number of ether oxygens (including phenoxy) is 1. The van der Waals surface area contributed by atoms with Gasteiger partial charge in [0.1, 0.15) is 11.6 Å². The molecule has 2 rings (SSSR count). The van der Waals surface area contributed by atoms with Gasteiger partial charge >= 0.3 is 0 Å². The fraction of sp³-hybridized carbons (Fsp3) is 0.571. The highest BCUT2D eigenvalue weighted by molar-refractivity contribution is 5.34. The number of nitrogens with one attached hydrogen (secondary N) is 1. The zero-order valence-corrected chi connectivity index (χ0v) is 10.3. The zero-order chi connectivity index (χ0) is 12.1. The Bertz CT molecular complexity index is 361. The summed E-state index contributed by atoms with van der Waals surface area (Å²) in [5.41, 5.74) is 0.984. The predicted octanol–water partition coefficient (Wildman–Crippen LogP) is 2.77. The normalized spacial score (nSPS) is 20.2. The van der Waals surface area contributed by atoms with Crippen LogP contribution in [0.25, 0.3) is 0 Å². The van der Waals surface area contributed by atoms with E-state index >= 15 is 0 Å². The van der Waals surface area contributed by atoms with Crippen molar-refractivity contribution in [2.75, 3.05) is 20.2 Å². The van der Waals surface area contributed by atoms with Crippen molar-refractivity contribution < 1.29 is 9.13 Å². The van der Waals surface area contributed by atoms with Crippen LogP contribution in [0.5, 0.6) is 5.75 Å². The predicted molar refractivity (Wildman–Crippen MR) is 66.9 cm³/mol. The summed E-state index contributed by atoms with van der Waals surface area (Å²) in [6.07, 6.45) is 4.54. The molecule has 1 aliphatic heterocycles. The third-order valence-electron chi connectivity index (χ3n) is 3.46. The van der Waals surface area contributed by atoms with Crippen molar-refractivity contribution in [3.63, 3.8) is 0 Å². The second-order valence-electron chi connectivity index (χ2n) is 4.71. The average molecular weight is 237 g/mol. The molecule has 0 radical (unpaired) electrons. The molecular formula is C14H20FNO. The summed E-state index contributed by atoms with van der Waals surface area (Å²) in [5, 5.41) is 3.41. The minimum Gasteiger partial charge on any atom is -0.496 e. The number of benzene rings is 1. The Morgan fingerprint density at radius 3 is 3.06 bits per heavy atom. The molecule has 0 aliphatic carbocycles. The van der Waals surface area contributed by atoms with Crippen LogP contribution >= 0.6 is 0 Å². The van der Waals surface area contributed by atoms with Crippen LogP contribution in [0.15, 0.2) is 18.2 Å². The van der Waals surface area contributed by atoms with Crippen molar-refractivity contribution >= 4 is 0 Å². The van der Waals surface area contributed by atoms with Crippen LogP contribution in [0.3, 0.4) is 0 Å². The van der Waals surface area contributed by atoms with Crippen LogP contribution in [-0.4, -0.2) is 20.2 Å². The Hall–Kier alpha value is -1.09. The number of hydrogen-bond acceptors (Lipinski definition) is 2. The van der Waals surface area contributed by atoms with E-state index in [2.05, 4.69) is 5.32 Å². The molecule has 0 aromatic heterocycles. The molecule has 94 valence electrons. The van der Waals surface area contributed by atoms with Crippen LogP contribution in [0, 0.1) is 11.7 Å². The van der Waals surface area contributed by atoms with Crippen LogP contribution in [0.4, 0.5) is 4.39 Å². The van der Waals surface area contributed by atoms with Gasteiger partial charge < -0.3 is 10.1 Å². The third-order valence-corrected chi connectivity index (χ3v) is 3.46. The van der Waals surface area contributed by atoms with Crippen molar-refractivity contribution in [1.29, 1.82) is 0 Å². The molecule has 0 spiro atoms. The second kappa shape index (κ2) is 6.01. The molecule has 17 heavy (non-hydrogen) atoms. The van der Waals surface area contributed by atoms with E-state index in [1.165, 1.54) is 18.9 Å². The average Bonchev–Trinajstić information content (AvgIpc) is 2.38. The smallest absolute Gasteiger partial charge is 0.123 e. The highest BCUT2D eigenvalue weighted by Gasteiger charge is 2.14. The van der Waals surface area contributed by atoms with Gasteiger partial charge in [-0.15, -0.1) is 0 Å². The van der Waals surface area contributed by atoms with Gasteiger partial charge in [-0.25, -0.2) is 4.39 Å².